The Morgan fingerprint density at radius 3 is 1.43 bits per heavy atom. The van der Waals surface area contributed by atoms with Gasteiger partial charge in [-0.15, -0.1) is 0 Å². The second kappa shape index (κ2) is 18.8. The number of aromatic nitrogens is 2. The first-order valence-electron chi connectivity index (χ1n) is 26.2. The summed E-state index contributed by atoms with van der Waals surface area (Å²) in [6.45, 7) is 0. The lowest BCUT2D eigenvalue weighted by atomic mass is 9.89. The minimum Gasteiger partial charge on any atom is -0.313 e. The van der Waals surface area contributed by atoms with Crippen molar-refractivity contribution in [2.24, 2.45) is 4.99 Å². The molecule has 2 aliphatic rings. The fraction of sp³-hybridized carbons (Fsp3) is 0.0563. The summed E-state index contributed by atoms with van der Waals surface area (Å²) in [6, 6.07) is 94.8. The summed E-state index contributed by atoms with van der Waals surface area (Å²) >= 11 is 0. The number of allylic oxidation sites excluding steroid dienone is 2. The Morgan fingerprint density at radius 1 is 0.387 bits per heavy atom. The molecular weight excluding hydrogens is 909 g/mol. The highest BCUT2D eigenvalue weighted by atomic mass is 15.1. The molecule has 0 amide bonds. The number of hydrogen-bond donors (Lipinski definition) is 0. The summed E-state index contributed by atoms with van der Waals surface area (Å²) in [5.41, 5.74) is 21.6. The van der Waals surface area contributed by atoms with Crippen LogP contribution in [0.5, 0.6) is 0 Å². The summed E-state index contributed by atoms with van der Waals surface area (Å²) in [4.78, 5) is 7.86. The Balaban J connectivity index is 0.930. The SMILES string of the molecule is C1=C(c2ccccc2)CCc2c1c1cc(-c3ccc4c(c3)c3cc(-c5ccccc5)ccc3n4C3=CC(c4ccccc4)CC(c4ccccc4)=N3)ccc1n2-c1ccc(N(c2ccccc2)c2ccccc2)cc1. The molecule has 0 saturated carbocycles. The van der Waals surface area contributed by atoms with Gasteiger partial charge in [0.2, 0.25) is 0 Å². The first-order chi connectivity index (χ1) is 37.2. The van der Waals surface area contributed by atoms with E-state index in [9.17, 15) is 0 Å². The third-order valence-electron chi connectivity index (χ3n) is 15.4. The molecule has 1 aliphatic carbocycles. The van der Waals surface area contributed by atoms with Gasteiger partial charge in [0.1, 0.15) is 5.82 Å². The van der Waals surface area contributed by atoms with E-state index in [-0.39, 0.29) is 5.92 Å². The molecule has 2 aromatic heterocycles. The van der Waals surface area contributed by atoms with Crippen LogP contribution in [0.1, 0.15) is 46.7 Å². The number of fused-ring (bicyclic) bond motifs is 6. The van der Waals surface area contributed by atoms with Crippen molar-refractivity contribution >= 4 is 73.0 Å². The Labute approximate surface area is 437 Å². The number of aliphatic imine (C=N–C) groups is 1. The van der Waals surface area contributed by atoms with Crippen LogP contribution >= 0.6 is 0 Å². The Hall–Kier alpha value is -9.51. The Kier molecular flexibility index (Phi) is 11.1. The largest absolute Gasteiger partial charge is 0.313 e. The highest BCUT2D eigenvalue weighted by Gasteiger charge is 2.26. The van der Waals surface area contributed by atoms with Gasteiger partial charge >= 0.3 is 0 Å². The molecule has 14 rings (SSSR count). The van der Waals surface area contributed by atoms with Crippen molar-refractivity contribution in [3.8, 4) is 27.9 Å². The molecule has 1 unspecified atom stereocenters. The van der Waals surface area contributed by atoms with Crippen molar-refractivity contribution in [3.05, 3.63) is 295 Å². The van der Waals surface area contributed by atoms with Gasteiger partial charge in [0.15, 0.2) is 0 Å². The predicted octanol–water partition coefficient (Wildman–Crippen LogP) is 18.5. The average molecular weight is 961 g/mol. The highest BCUT2D eigenvalue weighted by Crippen LogP contribution is 2.44. The van der Waals surface area contributed by atoms with E-state index < -0.39 is 0 Å². The van der Waals surface area contributed by atoms with Gasteiger partial charge in [-0.3, -0.25) is 4.57 Å². The summed E-state index contributed by atoms with van der Waals surface area (Å²) in [6.07, 6.45) is 7.59. The summed E-state index contributed by atoms with van der Waals surface area (Å²) in [7, 11) is 0. The van der Waals surface area contributed by atoms with E-state index in [1.165, 1.54) is 71.9 Å². The molecule has 4 heteroatoms. The zero-order valence-corrected chi connectivity index (χ0v) is 41.5. The molecule has 12 aromatic rings. The highest BCUT2D eigenvalue weighted by molar-refractivity contribution is 6.14. The predicted molar refractivity (Wildman–Crippen MR) is 316 cm³/mol. The fourth-order valence-electron chi connectivity index (χ4n) is 11.8. The second-order valence-corrected chi connectivity index (χ2v) is 19.8. The van der Waals surface area contributed by atoms with Gasteiger partial charge in [-0.25, -0.2) is 4.99 Å². The van der Waals surface area contributed by atoms with Gasteiger partial charge in [0.05, 0.1) is 22.3 Å². The average Bonchev–Trinajstić information content (AvgIpc) is 4.03. The van der Waals surface area contributed by atoms with Crippen LogP contribution in [0.4, 0.5) is 17.1 Å². The third kappa shape index (κ3) is 8.08. The van der Waals surface area contributed by atoms with Crippen LogP contribution in [0.3, 0.4) is 0 Å². The minimum absolute atomic E-state index is 0.168. The van der Waals surface area contributed by atoms with Gasteiger partial charge in [0, 0.05) is 62.5 Å². The molecule has 75 heavy (non-hydrogen) atoms. The van der Waals surface area contributed by atoms with Crippen LogP contribution in [0, 0.1) is 0 Å². The molecule has 1 aliphatic heterocycles. The number of rotatable bonds is 10. The molecule has 10 aromatic carbocycles. The van der Waals surface area contributed by atoms with Crippen LogP contribution in [-0.2, 0) is 6.42 Å². The van der Waals surface area contributed by atoms with Gasteiger partial charge in [-0.1, -0.05) is 176 Å². The van der Waals surface area contributed by atoms with Crippen molar-refractivity contribution in [2.45, 2.75) is 25.2 Å². The summed E-state index contributed by atoms with van der Waals surface area (Å²) in [5.74, 6) is 1.12. The number of nitrogens with zero attached hydrogens (tertiary/aromatic N) is 4. The van der Waals surface area contributed by atoms with Crippen LogP contribution < -0.4 is 4.90 Å². The fourth-order valence-corrected chi connectivity index (χ4v) is 11.8. The topological polar surface area (TPSA) is 25.5 Å². The Bertz CT molecular complexity index is 4110. The quantitative estimate of drug-likeness (QED) is 0.134. The smallest absolute Gasteiger partial charge is 0.134 e. The maximum atomic E-state index is 5.53. The van der Waals surface area contributed by atoms with Crippen LogP contribution in [0.15, 0.2) is 272 Å². The number of para-hydroxylation sites is 2. The van der Waals surface area contributed by atoms with Crippen LogP contribution in [0.2, 0.25) is 0 Å². The number of anilines is 3. The van der Waals surface area contributed by atoms with Crippen molar-refractivity contribution in [1.29, 1.82) is 0 Å². The summed E-state index contributed by atoms with van der Waals surface area (Å²) in [5, 5.41) is 3.66. The first-order valence-corrected chi connectivity index (χ1v) is 26.2. The van der Waals surface area contributed by atoms with Crippen molar-refractivity contribution in [2.75, 3.05) is 4.90 Å². The molecule has 0 spiro atoms. The third-order valence-corrected chi connectivity index (χ3v) is 15.4. The zero-order valence-electron chi connectivity index (χ0n) is 41.5. The van der Waals surface area contributed by atoms with Gasteiger partial charge in [-0.05, 0) is 154 Å². The van der Waals surface area contributed by atoms with E-state index in [2.05, 4.69) is 287 Å². The molecule has 4 nitrogen and oxygen atoms in total. The normalized spacial score (nSPS) is 14.3. The lowest BCUT2D eigenvalue weighted by Crippen LogP contribution is -2.14. The van der Waals surface area contributed by atoms with Gasteiger partial charge < -0.3 is 9.47 Å². The van der Waals surface area contributed by atoms with E-state index in [1.54, 1.807) is 0 Å². The minimum atomic E-state index is 0.168. The maximum Gasteiger partial charge on any atom is 0.134 e. The van der Waals surface area contributed by atoms with Crippen molar-refractivity contribution in [1.82, 2.24) is 9.13 Å². The number of benzene rings is 10. The van der Waals surface area contributed by atoms with E-state index in [1.807, 2.05) is 0 Å². The molecule has 0 bridgehead atoms. The molecule has 3 heterocycles. The van der Waals surface area contributed by atoms with E-state index in [0.717, 1.165) is 70.1 Å². The lowest BCUT2D eigenvalue weighted by molar-refractivity contribution is 0.867. The van der Waals surface area contributed by atoms with Gasteiger partial charge in [0.25, 0.3) is 0 Å². The lowest BCUT2D eigenvalue weighted by Gasteiger charge is -2.26. The van der Waals surface area contributed by atoms with Crippen molar-refractivity contribution in [3.63, 3.8) is 0 Å². The maximum absolute atomic E-state index is 5.53. The zero-order chi connectivity index (χ0) is 49.7. The molecular formula is C71H52N4. The standard InChI is InChI=1S/C71H52N4/c1-7-19-49(20-8-1)53-31-39-67-62(43-53)63-45-55(33-40-68(63)74(67)61-37-35-60(36-38-61)73(58-27-15-5-16-28-58)59-29-17-6-18-30-59)56-34-42-70-65(46-56)64-44-54(50-21-9-2-10-22-50)32-41-69(64)75(70)71-48-57(51-23-11-3-12-24-51)47-66(72-71)52-25-13-4-14-26-52/h1-30,32-38,40-46,48,57H,31,39,47H2. The van der Waals surface area contributed by atoms with Crippen LogP contribution in [-0.4, -0.2) is 14.8 Å². The second-order valence-electron chi connectivity index (χ2n) is 19.8. The molecule has 356 valence electrons. The van der Waals surface area contributed by atoms with Gasteiger partial charge in [-0.2, -0.15) is 0 Å². The molecule has 1 atom stereocenters. The Morgan fingerprint density at radius 2 is 0.853 bits per heavy atom. The molecule has 0 fully saturated rings. The van der Waals surface area contributed by atoms with E-state index >= 15 is 0 Å². The molecule has 0 N–H and O–H groups in total. The first kappa shape index (κ1) is 44.2. The number of hydrogen-bond acceptors (Lipinski definition) is 2. The molecule has 0 saturated heterocycles. The molecule has 0 radical (unpaired) electrons. The van der Waals surface area contributed by atoms with E-state index in [4.69, 9.17) is 4.99 Å². The monoisotopic (exact) mass is 960 g/mol. The van der Waals surface area contributed by atoms with Crippen LogP contribution in [0.25, 0.3) is 78.1 Å². The summed E-state index contributed by atoms with van der Waals surface area (Å²) < 4.78 is 4.92. The van der Waals surface area contributed by atoms with Crippen molar-refractivity contribution < 1.29 is 0 Å². The van der Waals surface area contributed by atoms with E-state index in [0.29, 0.717) is 0 Å².